The van der Waals surface area contributed by atoms with Gasteiger partial charge in [0, 0.05) is 19.6 Å². The molecule has 1 heterocycles. The van der Waals surface area contributed by atoms with Gasteiger partial charge in [0.05, 0.1) is 5.41 Å². The smallest absolute Gasteiger partial charge is 0.242 e. The molecule has 1 rings (SSSR count). The number of nitrogens with one attached hydrogen (secondary N) is 1. The standard InChI is InChI=1S/C15H29N3O2/c1-4-7-15(11-16,8-5-2)14(20)18-10-9-17-13(19)12(18)6-3/h12H,4-11,16H2,1-3H3,(H,17,19). The van der Waals surface area contributed by atoms with Crippen LogP contribution in [-0.2, 0) is 9.59 Å². The number of hydrogen-bond donors (Lipinski definition) is 2. The predicted molar refractivity (Wildman–Crippen MR) is 80.1 cm³/mol. The average Bonchev–Trinajstić information content (AvgIpc) is 2.45. The molecule has 0 saturated carbocycles. The van der Waals surface area contributed by atoms with Gasteiger partial charge in [-0.25, -0.2) is 0 Å². The van der Waals surface area contributed by atoms with Crippen LogP contribution in [0.3, 0.4) is 0 Å². The minimum absolute atomic E-state index is 0.0361. The fourth-order valence-corrected chi connectivity index (χ4v) is 3.26. The maximum atomic E-state index is 13.0. The Hall–Kier alpha value is -1.10. The molecule has 0 bridgehead atoms. The van der Waals surface area contributed by atoms with E-state index < -0.39 is 5.41 Å². The van der Waals surface area contributed by atoms with Gasteiger partial charge in [-0.3, -0.25) is 9.59 Å². The molecule has 1 aliphatic heterocycles. The number of piperazine rings is 1. The van der Waals surface area contributed by atoms with Crippen molar-refractivity contribution in [2.24, 2.45) is 11.1 Å². The van der Waals surface area contributed by atoms with Crippen LogP contribution in [0.25, 0.3) is 0 Å². The molecule has 3 N–H and O–H groups in total. The lowest BCUT2D eigenvalue weighted by atomic mass is 9.77. The Morgan fingerprint density at radius 3 is 2.40 bits per heavy atom. The van der Waals surface area contributed by atoms with E-state index in [9.17, 15) is 9.59 Å². The fourth-order valence-electron chi connectivity index (χ4n) is 3.26. The van der Waals surface area contributed by atoms with Gasteiger partial charge in [0.1, 0.15) is 6.04 Å². The highest BCUT2D eigenvalue weighted by Gasteiger charge is 2.42. The Balaban J connectivity index is 3.00. The molecule has 1 saturated heterocycles. The maximum Gasteiger partial charge on any atom is 0.242 e. The number of carbonyl (C=O) groups excluding carboxylic acids is 2. The Morgan fingerprint density at radius 2 is 1.95 bits per heavy atom. The third-order valence-electron chi connectivity index (χ3n) is 4.28. The molecule has 0 radical (unpaired) electrons. The van der Waals surface area contributed by atoms with Gasteiger partial charge in [0.25, 0.3) is 0 Å². The highest BCUT2D eigenvalue weighted by molar-refractivity contribution is 5.91. The highest BCUT2D eigenvalue weighted by Crippen LogP contribution is 2.32. The van der Waals surface area contributed by atoms with E-state index in [1.54, 1.807) is 4.90 Å². The molecule has 116 valence electrons. The molecule has 0 spiro atoms. The summed E-state index contributed by atoms with van der Waals surface area (Å²) in [5, 5.41) is 2.84. The fraction of sp³-hybridized carbons (Fsp3) is 0.867. The van der Waals surface area contributed by atoms with Crippen LogP contribution in [0.4, 0.5) is 0 Å². The molecular formula is C15H29N3O2. The zero-order valence-corrected chi connectivity index (χ0v) is 13.1. The first-order valence-corrected chi connectivity index (χ1v) is 7.85. The largest absolute Gasteiger partial charge is 0.353 e. The lowest BCUT2D eigenvalue weighted by molar-refractivity contribution is -0.151. The van der Waals surface area contributed by atoms with Crippen molar-refractivity contribution in [1.82, 2.24) is 10.2 Å². The van der Waals surface area contributed by atoms with E-state index in [1.165, 1.54) is 0 Å². The van der Waals surface area contributed by atoms with Crippen molar-refractivity contribution in [1.29, 1.82) is 0 Å². The first-order chi connectivity index (χ1) is 9.56. The van der Waals surface area contributed by atoms with Crippen molar-refractivity contribution in [3.8, 4) is 0 Å². The molecule has 5 nitrogen and oxygen atoms in total. The number of carbonyl (C=O) groups is 2. The Labute approximate surface area is 122 Å². The second-order valence-corrected chi connectivity index (χ2v) is 5.70. The molecule has 0 aromatic carbocycles. The van der Waals surface area contributed by atoms with E-state index in [-0.39, 0.29) is 17.9 Å². The van der Waals surface area contributed by atoms with E-state index in [0.29, 0.717) is 26.1 Å². The number of nitrogens with two attached hydrogens (primary N) is 1. The highest BCUT2D eigenvalue weighted by atomic mass is 16.2. The van der Waals surface area contributed by atoms with E-state index in [1.807, 2.05) is 6.92 Å². The summed E-state index contributed by atoms with van der Waals surface area (Å²) in [6.07, 6.45) is 4.10. The summed E-state index contributed by atoms with van der Waals surface area (Å²) >= 11 is 0. The van der Waals surface area contributed by atoms with Gasteiger partial charge < -0.3 is 16.0 Å². The second-order valence-electron chi connectivity index (χ2n) is 5.70. The summed E-state index contributed by atoms with van der Waals surface area (Å²) in [6.45, 7) is 7.60. The number of hydrogen-bond acceptors (Lipinski definition) is 3. The van der Waals surface area contributed by atoms with Crippen LogP contribution in [0.15, 0.2) is 0 Å². The molecule has 0 aromatic heterocycles. The van der Waals surface area contributed by atoms with E-state index in [2.05, 4.69) is 19.2 Å². The van der Waals surface area contributed by atoms with Crippen molar-refractivity contribution in [2.45, 2.75) is 58.9 Å². The summed E-state index contributed by atoms with van der Waals surface area (Å²) in [4.78, 5) is 26.7. The monoisotopic (exact) mass is 283 g/mol. The van der Waals surface area contributed by atoms with Crippen LogP contribution in [0.5, 0.6) is 0 Å². The molecule has 5 heteroatoms. The minimum Gasteiger partial charge on any atom is -0.353 e. The van der Waals surface area contributed by atoms with Gasteiger partial charge in [-0.2, -0.15) is 0 Å². The quantitative estimate of drug-likeness (QED) is 0.739. The lowest BCUT2D eigenvalue weighted by Crippen LogP contribution is -2.61. The number of rotatable bonds is 7. The molecule has 2 amide bonds. The molecular weight excluding hydrogens is 254 g/mol. The first-order valence-electron chi connectivity index (χ1n) is 7.85. The van der Waals surface area contributed by atoms with Crippen LogP contribution in [-0.4, -0.2) is 42.4 Å². The third kappa shape index (κ3) is 3.32. The Bertz CT molecular complexity index is 338. The third-order valence-corrected chi connectivity index (χ3v) is 4.28. The summed E-state index contributed by atoms with van der Waals surface area (Å²) < 4.78 is 0. The molecule has 0 aromatic rings. The van der Waals surface area contributed by atoms with Crippen LogP contribution in [0, 0.1) is 5.41 Å². The van der Waals surface area contributed by atoms with Crippen molar-refractivity contribution in [2.75, 3.05) is 19.6 Å². The van der Waals surface area contributed by atoms with Gasteiger partial charge in [0.15, 0.2) is 0 Å². The summed E-state index contributed by atoms with van der Waals surface area (Å²) in [5.41, 5.74) is 5.47. The number of amides is 2. The normalized spacial score (nSPS) is 19.9. The van der Waals surface area contributed by atoms with Crippen molar-refractivity contribution in [3.63, 3.8) is 0 Å². The van der Waals surface area contributed by atoms with Crippen LogP contribution >= 0.6 is 0 Å². The van der Waals surface area contributed by atoms with E-state index in [0.717, 1.165) is 25.7 Å². The molecule has 1 unspecified atom stereocenters. The zero-order valence-electron chi connectivity index (χ0n) is 13.1. The summed E-state index contributed by atoms with van der Waals surface area (Å²) in [7, 11) is 0. The lowest BCUT2D eigenvalue weighted by Gasteiger charge is -2.41. The van der Waals surface area contributed by atoms with Crippen LogP contribution < -0.4 is 11.1 Å². The van der Waals surface area contributed by atoms with Crippen LogP contribution in [0.1, 0.15) is 52.9 Å². The van der Waals surface area contributed by atoms with Gasteiger partial charge in [-0.1, -0.05) is 33.6 Å². The molecule has 1 atom stereocenters. The second kappa shape index (κ2) is 7.62. The SMILES string of the molecule is CCCC(CN)(CCC)C(=O)N1CCNC(=O)C1CC. The van der Waals surface area contributed by atoms with E-state index in [4.69, 9.17) is 5.73 Å². The van der Waals surface area contributed by atoms with Crippen molar-refractivity contribution < 1.29 is 9.59 Å². The minimum atomic E-state index is -0.492. The van der Waals surface area contributed by atoms with Crippen LogP contribution in [0.2, 0.25) is 0 Å². The van der Waals surface area contributed by atoms with Gasteiger partial charge >= 0.3 is 0 Å². The van der Waals surface area contributed by atoms with E-state index >= 15 is 0 Å². The molecule has 0 aliphatic carbocycles. The Morgan fingerprint density at radius 1 is 1.35 bits per heavy atom. The van der Waals surface area contributed by atoms with Crippen molar-refractivity contribution in [3.05, 3.63) is 0 Å². The summed E-state index contributed by atoms with van der Waals surface area (Å²) in [6, 6.07) is -0.337. The first kappa shape index (κ1) is 17.0. The predicted octanol–water partition coefficient (Wildman–Crippen LogP) is 1.27. The molecule has 1 fully saturated rings. The van der Waals surface area contributed by atoms with Gasteiger partial charge in [-0.05, 0) is 19.3 Å². The maximum absolute atomic E-state index is 13.0. The Kier molecular flexibility index (Phi) is 6.46. The average molecular weight is 283 g/mol. The summed E-state index contributed by atoms with van der Waals surface area (Å²) in [5.74, 6) is 0.0384. The molecule has 1 aliphatic rings. The topological polar surface area (TPSA) is 75.4 Å². The van der Waals surface area contributed by atoms with Gasteiger partial charge in [0.2, 0.25) is 11.8 Å². The van der Waals surface area contributed by atoms with Gasteiger partial charge in [-0.15, -0.1) is 0 Å². The zero-order chi connectivity index (χ0) is 15.2. The number of nitrogens with zero attached hydrogens (tertiary/aromatic N) is 1. The molecule has 20 heavy (non-hydrogen) atoms. The van der Waals surface area contributed by atoms with Crippen molar-refractivity contribution >= 4 is 11.8 Å².